The van der Waals surface area contributed by atoms with Crippen LogP contribution in [0, 0.1) is 5.82 Å². The molecule has 0 bridgehead atoms. The zero-order valence-electron chi connectivity index (χ0n) is 8.36. The van der Waals surface area contributed by atoms with Crippen molar-refractivity contribution in [2.45, 2.75) is 13.0 Å². The van der Waals surface area contributed by atoms with E-state index >= 15 is 0 Å². The molecule has 0 saturated carbocycles. The molecule has 1 rings (SSSR count). The molecule has 0 fully saturated rings. The van der Waals surface area contributed by atoms with Crippen LogP contribution >= 0.6 is 0 Å². The highest BCUT2D eigenvalue weighted by Gasteiger charge is 2.15. The lowest BCUT2D eigenvalue weighted by Gasteiger charge is -2.11. The van der Waals surface area contributed by atoms with Crippen LogP contribution < -0.4 is 10.5 Å². The van der Waals surface area contributed by atoms with Gasteiger partial charge in [0.15, 0.2) is 11.9 Å². The smallest absolute Gasteiger partial charge is 0.346 e. The number of nitrogens with two attached hydrogens (primary N) is 1. The Morgan fingerprint density at radius 1 is 1.67 bits per heavy atom. The molecule has 0 aliphatic rings. The molecule has 6 heteroatoms. The summed E-state index contributed by atoms with van der Waals surface area (Å²) in [5.74, 6) is -1.10. The Morgan fingerprint density at radius 2 is 2.33 bits per heavy atom. The fourth-order valence-corrected chi connectivity index (χ4v) is 0.894. The van der Waals surface area contributed by atoms with Crippen molar-refractivity contribution in [2.75, 3.05) is 12.8 Å². The first-order valence-corrected chi connectivity index (χ1v) is 4.20. The van der Waals surface area contributed by atoms with Crippen LogP contribution in [0.15, 0.2) is 12.3 Å². The maximum absolute atomic E-state index is 12.7. The van der Waals surface area contributed by atoms with E-state index in [0.717, 1.165) is 6.20 Å². The van der Waals surface area contributed by atoms with Crippen molar-refractivity contribution in [3.63, 3.8) is 0 Å². The first kappa shape index (κ1) is 11.2. The molecule has 15 heavy (non-hydrogen) atoms. The molecule has 0 amide bonds. The summed E-state index contributed by atoms with van der Waals surface area (Å²) < 4.78 is 22.2. The number of carbonyl (C=O) groups is 1. The number of carbonyl (C=O) groups excluding carboxylic acids is 1. The van der Waals surface area contributed by atoms with E-state index in [-0.39, 0.29) is 11.6 Å². The molecule has 2 N–H and O–H groups in total. The Morgan fingerprint density at radius 3 is 2.87 bits per heavy atom. The van der Waals surface area contributed by atoms with Crippen molar-refractivity contribution in [3.8, 4) is 5.88 Å². The largest absolute Gasteiger partial charge is 0.466 e. The fourth-order valence-electron chi connectivity index (χ4n) is 0.894. The monoisotopic (exact) mass is 214 g/mol. The molecule has 0 aromatic carbocycles. The number of hydrogen-bond donors (Lipinski definition) is 1. The number of nitrogen functional groups attached to an aromatic ring is 1. The maximum Gasteiger partial charge on any atom is 0.346 e. The van der Waals surface area contributed by atoms with Gasteiger partial charge in [-0.05, 0) is 6.92 Å². The Bertz CT molecular complexity index is 370. The van der Waals surface area contributed by atoms with Crippen molar-refractivity contribution in [1.82, 2.24) is 4.98 Å². The second-order valence-corrected chi connectivity index (χ2v) is 2.83. The number of esters is 1. The van der Waals surface area contributed by atoms with Crippen LogP contribution in [-0.2, 0) is 9.53 Å². The molecule has 5 nitrogen and oxygen atoms in total. The topological polar surface area (TPSA) is 74.4 Å². The standard InChI is InChI=1S/C9H11FN2O3/c1-5(9(13)14-2)15-8-3-7(11)6(10)4-12-8/h3-5H,1-2H3,(H2,11,12). The molecule has 1 atom stereocenters. The Kier molecular flexibility index (Phi) is 3.43. The normalized spacial score (nSPS) is 11.9. The second-order valence-electron chi connectivity index (χ2n) is 2.83. The second kappa shape index (κ2) is 4.59. The van der Waals surface area contributed by atoms with E-state index in [9.17, 15) is 9.18 Å². The van der Waals surface area contributed by atoms with Crippen LogP contribution in [0.25, 0.3) is 0 Å². The van der Waals surface area contributed by atoms with Gasteiger partial charge in [0, 0.05) is 6.07 Å². The highest BCUT2D eigenvalue weighted by molar-refractivity contribution is 5.74. The number of pyridine rings is 1. The average molecular weight is 214 g/mol. The Hall–Kier alpha value is -1.85. The summed E-state index contributed by atoms with van der Waals surface area (Å²) in [6, 6.07) is 1.20. The Balaban J connectivity index is 2.73. The van der Waals surface area contributed by atoms with Crippen LogP contribution in [0.4, 0.5) is 10.1 Å². The molecule has 1 heterocycles. The van der Waals surface area contributed by atoms with Gasteiger partial charge in [0.1, 0.15) is 0 Å². The minimum absolute atomic E-state index is 0.0757. The third kappa shape index (κ3) is 2.80. The molecule has 1 aromatic heterocycles. The van der Waals surface area contributed by atoms with Crippen LogP contribution in [0.3, 0.4) is 0 Å². The predicted octanol–water partition coefficient (Wildman–Crippen LogP) is 0.743. The fraction of sp³-hybridized carbons (Fsp3) is 0.333. The van der Waals surface area contributed by atoms with Gasteiger partial charge in [-0.2, -0.15) is 0 Å². The number of anilines is 1. The third-order valence-corrected chi connectivity index (χ3v) is 1.69. The van der Waals surface area contributed by atoms with Crippen molar-refractivity contribution in [3.05, 3.63) is 18.1 Å². The van der Waals surface area contributed by atoms with Gasteiger partial charge in [0.25, 0.3) is 0 Å². The molecule has 1 unspecified atom stereocenters. The van der Waals surface area contributed by atoms with Crippen LogP contribution in [-0.4, -0.2) is 24.2 Å². The number of rotatable bonds is 3. The number of ether oxygens (including phenoxy) is 2. The highest BCUT2D eigenvalue weighted by atomic mass is 19.1. The van der Waals surface area contributed by atoms with E-state index in [1.807, 2.05) is 0 Å². The zero-order valence-corrected chi connectivity index (χ0v) is 8.36. The molecule has 0 spiro atoms. The van der Waals surface area contributed by atoms with Gasteiger partial charge in [-0.25, -0.2) is 14.2 Å². The maximum atomic E-state index is 12.7. The molecule has 0 radical (unpaired) electrons. The van der Waals surface area contributed by atoms with Crippen molar-refractivity contribution in [1.29, 1.82) is 0 Å². The average Bonchev–Trinajstić information content (AvgIpc) is 2.22. The van der Waals surface area contributed by atoms with E-state index in [0.29, 0.717) is 0 Å². The number of hydrogen-bond acceptors (Lipinski definition) is 5. The van der Waals surface area contributed by atoms with Gasteiger partial charge in [0.2, 0.25) is 5.88 Å². The predicted molar refractivity (Wildman–Crippen MR) is 50.7 cm³/mol. The molecule has 1 aromatic rings. The van der Waals surface area contributed by atoms with Crippen molar-refractivity contribution < 1.29 is 18.7 Å². The Labute approximate surface area is 86.0 Å². The first-order chi connectivity index (χ1) is 7.04. The lowest BCUT2D eigenvalue weighted by Crippen LogP contribution is -2.25. The van der Waals surface area contributed by atoms with Gasteiger partial charge < -0.3 is 15.2 Å². The number of aromatic nitrogens is 1. The summed E-state index contributed by atoms with van der Waals surface area (Å²) in [4.78, 5) is 14.6. The number of halogens is 1. The van der Waals surface area contributed by atoms with E-state index in [1.54, 1.807) is 0 Å². The van der Waals surface area contributed by atoms with Gasteiger partial charge in [-0.15, -0.1) is 0 Å². The van der Waals surface area contributed by atoms with Crippen LogP contribution in [0.1, 0.15) is 6.92 Å². The van der Waals surface area contributed by atoms with E-state index < -0.39 is 17.9 Å². The first-order valence-electron chi connectivity index (χ1n) is 4.20. The lowest BCUT2D eigenvalue weighted by atomic mass is 10.4. The SMILES string of the molecule is COC(=O)C(C)Oc1cc(N)c(F)cn1. The molecular formula is C9H11FN2O3. The summed E-state index contributed by atoms with van der Waals surface area (Å²) in [6.45, 7) is 1.49. The van der Waals surface area contributed by atoms with E-state index in [4.69, 9.17) is 10.5 Å². The number of nitrogens with zero attached hydrogens (tertiary/aromatic N) is 1. The summed E-state index contributed by atoms with van der Waals surface area (Å²) in [7, 11) is 1.24. The molecule has 0 saturated heterocycles. The van der Waals surface area contributed by atoms with Crippen LogP contribution in [0.2, 0.25) is 0 Å². The minimum atomic E-state index is -0.813. The van der Waals surface area contributed by atoms with E-state index in [1.165, 1.54) is 20.1 Å². The lowest BCUT2D eigenvalue weighted by molar-refractivity contribution is -0.148. The highest BCUT2D eigenvalue weighted by Crippen LogP contribution is 2.16. The minimum Gasteiger partial charge on any atom is -0.466 e. The van der Waals surface area contributed by atoms with Gasteiger partial charge in [-0.1, -0.05) is 0 Å². The molecule has 0 aliphatic heterocycles. The summed E-state index contributed by atoms with van der Waals surface area (Å²) >= 11 is 0. The quantitative estimate of drug-likeness (QED) is 0.751. The molecular weight excluding hydrogens is 203 g/mol. The van der Waals surface area contributed by atoms with Gasteiger partial charge in [-0.3, -0.25) is 0 Å². The van der Waals surface area contributed by atoms with Gasteiger partial charge >= 0.3 is 5.97 Å². The number of methoxy groups -OCH3 is 1. The van der Waals surface area contributed by atoms with Crippen molar-refractivity contribution in [2.24, 2.45) is 0 Å². The third-order valence-electron chi connectivity index (χ3n) is 1.69. The van der Waals surface area contributed by atoms with Gasteiger partial charge in [0.05, 0.1) is 19.0 Å². The van der Waals surface area contributed by atoms with Crippen molar-refractivity contribution >= 4 is 11.7 Å². The molecule has 82 valence electrons. The summed E-state index contributed by atoms with van der Waals surface area (Å²) in [5, 5.41) is 0. The molecule has 0 aliphatic carbocycles. The van der Waals surface area contributed by atoms with E-state index in [2.05, 4.69) is 9.72 Å². The zero-order chi connectivity index (χ0) is 11.4. The summed E-state index contributed by atoms with van der Waals surface area (Å²) in [6.07, 6.45) is 0.113. The summed E-state index contributed by atoms with van der Waals surface area (Å²) in [5.41, 5.74) is 5.21. The van der Waals surface area contributed by atoms with Crippen LogP contribution in [0.5, 0.6) is 5.88 Å².